The fourth-order valence-electron chi connectivity index (χ4n) is 5.15. The Hall–Kier alpha value is -2.66. The molecule has 0 saturated carbocycles. The Bertz CT molecular complexity index is 1300. The van der Waals surface area contributed by atoms with Gasteiger partial charge in [-0.25, -0.2) is 4.39 Å². The molecule has 2 aliphatic heterocycles. The summed E-state index contributed by atoms with van der Waals surface area (Å²) in [5.41, 5.74) is 3.50. The Morgan fingerprint density at radius 1 is 1.14 bits per heavy atom. The van der Waals surface area contributed by atoms with Gasteiger partial charge in [0.1, 0.15) is 18.3 Å². The summed E-state index contributed by atoms with van der Waals surface area (Å²) in [6.07, 6.45) is -6.16. The molecule has 5 N–H and O–H groups in total. The number of nitrogens with one attached hydrogen (secondary N) is 1. The fourth-order valence-corrected chi connectivity index (χ4v) is 5.78. The SMILES string of the molecule is CC(C)c1[nH]nc(OC2OC(CO)C(F)C(O)C2O)c1Cc1ccc(CCCC(=O)N2CCN(S(=O)(=O)O)CC2)cc1. The van der Waals surface area contributed by atoms with E-state index in [4.69, 9.17) is 14.0 Å². The predicted molar refractivity (Wildman–Crippen MR) is 148 cm³/mol. The van der Waals surface area contributed by atoms with E-state index in [1.54, 1.807) is 4.90 Å². The number of aliphatic hydroxyl groups is 3. The van der Waals surface area contributed by atoms with Crippen LogP contribution in [0.15, 0.2) is 24.3 Å². The molecular weight excluding hydrogens is 575 g/mol. The molecule has 5 unspecified atom stereocenters. The minimum absolute atomic E-state index is 0.0535. The number of alkyl halides is 1. The zero-order chi connectivity index (χ0) is 30.6. The standard InChI is InChI=1S/C27H39FN4O9S/c1-16(2)23-19(26(30-29-23)41-27-25(36)24(35)22(28)20(15-33)40-27)14-18-8-6-17(7-9-18)4-3-5-21(34)31-10-12-32(13-11-31)42(37,38)39/h6-9,16,20,22,24-25,27,33,35-36H,3-5,10-15H2,1-2H3,(H,29,30)(H,37,38,39). The molecular formula is C27H39FN4O9S. The number of carbonyl (C=O) groups excluding carboxylic acids is 1. The first kappa shape index (κ1) is 32.3. The van der Waals surface area contributed by atoms with Gasteiger partial charge in [-0.2, -0.15) is 12.7 Å². The molecule has 2 aliphatic rings. The van der Waals surface area contributed by atoms with Crippen LogP contribution in [-0.2, 0) is 32.7 Å². The van der Waals surface area contributed by atoms with Crippen LogP contribution in [0, 0.1) is 0 Å². The lowest BCUT2D eigenvalue weighted by atomic mass is 9.98. The maximum Gasteiger partial charge on any atom is 0.336 e. The molecule has 1 amide bonds. The molecule has 1 aromatic carbocycles. The van der Waals surface area contributed by atoms with E-state index in [-0.39, 0.29) is 43.9 Å². The number of aliphatic hydroxyl groups excluding tert-OH is 3. The number of nitrogens with zero attached hydrogens (tertiary/aromatic N) is 3. The number of carbonyl (C=O) groups is 1. The third-order valence-electron chi connectivity index (χ3n) is 7.64. The van der Waals surface area contributed by atoms with Crippen molar-refractivity contribution in [1.82, 2.24) is 19.4 Å². The van der Waals surface area contributed by atoms with Gasteiger partial charge in [-0.1, -0.05) is 38.1 Å². The molecule has 0 spiro atoms. The summed E-state index contributed by atoms with van der Waals surface area (Å²) in [6.45, 7) is 3.91. The highest BCUT2D eigenvalue weighted by molar-refractivity contribution is 7.83. The van der Waals surface area contributed by atoms with E-state index in [0.29, 0.717) is 31.2 Å². The van der Waals surface area contributed by atoms with Crippen molar-refractivity contribution in [1.29, 1.82) is 0 Å². The molecule has 2 aromatic rings. The van der Waals surface area contributed by atoms with E-state index < -0.39 is 47.7 Å². The normalized spacial score (nSPS) is 25.6. The zero-order valence-corrected chi connectivity index (χ0v) is 24.4. The minimum Gasteiger partial charge on any atom is -0.443 e. The quantitative estimate of drug-likeness (QED) is 0.224. The van der Waals surface area contributed by atoms with Crippen LogP contribution in [0.5, 0.6) is 5.88 Å². The monoisotopic (exact) mass is 614 g/mol. The molecule has 2 saturated heterocycles. The summed E-state index contributed by atoms with van der Waals surface area (Å²) in [5, 5.41) is 36.9. The van der Waals surface area contributed by atoms with Gasteiger partial charge in [-0.05, 0) is 29.9 Å². The summed E-state index contributed by atoms with van der Waals surface area (Å²) >= 11 is 0. The molecule has 13 nitrogen and oxygen atoms in total. The van der Waals surface area contributed by atoms with E-state index in [2.05, 4.69) is 10.2 Å². The zero-order valence-electron chi connectivity index (χ0n) is 23.6. The molecule has 234 valence electrons. The molecule has 0 bridgehead atoms. The number of H-pyrrole nitrogens is 1. The highest BCUT2D eigenvalue weighted by Crippen LogP contribution is 2.31. The third kappa shape index (κ3) is 7.64. The van der Waals surface area contributed by atoms with Gasteiger partial charge < -0.3 is 29.7 Å². The highest BCUT2D eigenvalue weighted by Gasteiger charge is 2.46. The van der Waals surface area contributed by atoms with Crippen molar-refractivity contribution >= 4 is 16.2 Å². The van der Waals surface area contributed by atoms with Gasteiger partial charge in [0.2, 0.25) is 18.1 Å². The number of piperazine rings is 1. The number of rotatable bonds is 11. The van der Waals surface area contributed by atoms with E-state index in [9.17, 15) is 32.9 Å². The number of halogens is 1. The van der Waals surface area contributed by atoms with Crippen LogP contribution >= 0.6 is 0 Å². The molecule has 1 aromatic heterocycles. The number of ether oxygens (including phenoxy) is 2. The first-order chi connectivity index (χ1) is 19.9. The lowest BCUT2D eigenvalue weighted by Crippen LogP contribution is -2.58. The van der Waals surface area contributed by atoms with Crippen LogP contribution in [-0.4, -0.2) is 117 Å². The molecule has 0 radical (unpaired) electrons. The second-order valence-electron chi connectivity index (χ2n) is 10.9. The van der Waals surface area contributed by atoms with Crippen LogP contribution < -0.4 is 4.74 Å². The molecule has 5 atom stereocenters. The van der Waals surface area contributed by atoms with Gasteiger partial charge in [0.05, 0.1) is 6.61 Å². The first-order valence-corrected chi connectivity index (χ1v) is 15.4. The average molecular weight is 615 g/mol. The van der Waals surface area contributed by atoms with Crippen molar-refractivity contribution in [3.05, 3.63) is 46.6 Å². The summed E-state index contributed by atoms with van der Waals surface area (Å²) in [4.78, 5) is 14.1. The second kappa shape index (κ2) is 13.8. The van der Waals surface area contributed by atoms with Crippen molar-refractivity contribution in [2.75, 3.05) is 32.8 Å². The number of benzene rings is 1. The summed E-state index contributed by atoms with van der Waals surface area (Å²) in [6, 6.07) is 7.85. The average Bonchev–Trinajstić information content (AvgIpc) is 3.35. The summed E-state index contributed by atoms with van der Waals surface area (Å²) < 4.78 is 57.8. The number of hydrogen-bond donors (Lipinski definition) is 5. The highest BCUT2D eigenvalue weighted by atomic mass is 32.2. The minimum atomic E-state index is -4.24. The Kier molecular flexibility index (Phi) is 10.6. The summed E-state index contributed by atoms with van der Waals surface area (Å²) in [5.74, 6) is 0.145. The number of aromatic amines is 1. The van der Waals surface area contributed by atoms with E-state index in [1.165, 1.54) is 0 Å². The number of amides is 1. The van der Waals surface area contributed by atoms with E-state index in [0.717, 1.165) is 21.1 Å². The second-order valence-corrected chi connectivity index (χ2v) is 12.4. The van der Waals surface area contributed by atoms with Gasteiger partial charge >= 0.3 is 10.3 Å². The third-order valence-corrected chi connectivity index (χ3v) is 8.66. The Labute approximate surface area is 244 Å². The number of hydrogen-bond acceptors (Lipinski definition) is 9. The maximum atomic E-state index is 14.1. The van der Waals surface area contributed by atoms with Crippen LogP contribution in [0.3, 0.4) is 0 Å². The molecule has 4 rings (SSSR count). The molecule has 3 heterocycles. The Balaban J connectivity index is 1.34. The van der Waals surface area contributed by atoms with Crippen molar-refractivity contribution in [3.8, 4) is 5.88 Å². The smallest absolute Gasteiger partial charge is 0.336 e. The number of aryl methyl sites for hydroxylation is 1. The Morgan fingerprint density at radius 3 is 2.38 bits per heavy atom. The summed E-state index contributed by atoms with van der Waals surface area (Å²) in [7, 11) is -4.24. The molecule has 42 heavy (non-hydrogen) atoms. The van der Waals surface area contributed by atoms with Gasteiger partial charge in [0.25, 0.3) is 0 Å². The van der Waals surface area contributed by atoms with Crippen LogP contribution in [0.4, 0.5) is 4.39 Å². The lowest BCUT2D eigenvalue weighted by Gasteiger charge is -2.38. The van der Waals surface area contributed by atoms with Crippen molar-refractivity contribution in [3.63, 3.8) is 0 Å². The van der Waals surface area contributed by atoms with Gasteiger partial charge in [0, 0.05) is 50.3 Å². The van der Waals surface area contributed by atoms with Crippen molar-refractivity contribution in [2.24, 2.45) is 0 Å². The van der Waals surface area contributed by atoms with E-state index >= 15 is 0 Å². The first-order valence-electron chi connectivity index (χ1n) is 14.0. The topological polar surface area (TPSA) is 186 Å². The van der Waals surface area contributed by atoms with Crippen LogP contribution in [0.25, 0.3) is 0 Å². The van der Waals surface area contributed by atoms with Gasteiger partial charge in [-0.3, -0.25) is 14.4 Å². The predicted octanol–water partition coefficient (Wildman–Crippen LogP) is 0.550. The lowest BCUT2D eigenvalue weighted by molar-refractivity contribution is -0.265. The van der Waals surface area contributed by atoms with Crippen LogP contribution in [0.1, 0.15) is 55.0 Å². The van der Waals surface area contributed by atoms with Gasteiger partial charge in [-0.15, -0.1) is 5.10 Å². The fraction of sp³-hybridized carbons (Fsp3) is 0.630. The Morgan fingerprint density at radius 2 is 1.79 bits per heavy atom. The molecule has 15 heteroatoms. The van der Waals surface area contributed by atoms with Gasteiger partial charge in [0.15, 0.2) is 6.17 Å². The largest absolute Gasteiger partial charge is 0.443 e. The van der Waals surface area contributed by atoms with Crippen LogP contribution in [0.2, 0.25) is 0 Å². The molecule has 0 aliphatic carbocycles. The van der Waals surface area contributed by atoms with Crippen molar-refractivity contribution < 1.29 is 46.9 Å². The van der Waals surface area contributed by atoms with E-state index in [1.807, 2.05) is 38.1 Å². The maximum absolute atomic E-state index is 14.1. The number of aromatic nitrogens is 2. The molecule has 2 fully saturated rings. The van der Waals surface area contributed by atoms with Crippen molar-refractivity contribution in [2.45, 2.75) is 76.2 Å².